The first-order valence-electron chi connectivity index (χ1n) is 11.7. The standard InChI is InChI=1S/C25H38O6/c1-5-25(3,4)24(29)31-21-11-16(14-26)10-17-7-6-15(2)20(23(17)21)9-8-19-12-18(27)13-22(28)30-19/h6-7,10,15-16,18-21,23,26-27H,5,8-9,11-14H2,1-4H3/t15-,16?,18+,19+,20-,21-,23-/m0/s1. The molecule has 6 nitrogen and oxygen atoms in total. The number of fused-ring (bicyclic) bond motifs is 1. The number of carbonyl (C=O) groups is 2. The van der Waals surface area contributed by atoms with Crippen molar-refractivity contribution in [3.05, 3.63) is 23.8 Å². The van der Waals surface area contributed by atoms with Crippen LogP contribution in [0.15, 0.2) is 23.8 Å². The molecule has 31 heavy (non-hydrogen) atoms. The van der Waals surface area contributed by atoms with E-state index in [4.69, 9.17) is 9.47 Å². The van der Waals surface area contributed by atoms with Crippen LogP contribution in [0.2, 0.25) is 0 Å². The molecular formula is C25H38O6. The maximum absolute atomic E-state index is 12.9. The number of carbonyl (C=O) groups excluding carboxylic acids is 2. The fourth-order valence-electron chi connectivity index (χ4n) is 5.08. The van der Waals surface area contributed by atoms with Gasteiger partial charge in [0.25, 0.3) is 0 Å². The zero-order valence-corrected chi connectivity index (χ0v) is 19.3. The zero-order chi connectivity index (χ0) is 22.8. The smallest absolute Gasteiger partial charge is 0.311 e. The van der Waals surface area contributed by atoms with Gasteiger partial charge in [0.05, 0.1) is 17.9 Å². The topological polar surface area (TPSA) is 93.1 Å². The summed E-state index contributed by atoms with van der Waals surface area (Å²) in [7, 11) is 0. The molecule has 1 aliphatic heterocycles. The van der Waals surface area contributed by atoms with Crippen molar-refractivity contribution in [2.45, 2.75) is 84.5 Å². The fraction of sp³-hybridized carbons (Fsp3) is 0.760. The summed E-state index contributed by atoms with van der Waals surface area (Å²) in [6.07, 6.45) is 8.60. The predicted molar refractivity (Wildman–Crippen MR) is 117 cm³/mol. The van der Waals surface area contributed by atoms with Crippen LogP contribution >= 0.6 is 0 Å². The summed E-state index contributed by atoms with van der Waals surface area (Å²) in [5.41, 5.74) is 0.579. The summed E-state index contributed by atoms with van der Waals surface area (Å²) >= 11 is 0. The van der Waals surface area contributed by atoms with Crippen LogP contribution in [0.25, 0.3) is 0 Å². The molecule has 2 N–H and O–H groups in total. The predicted octanol–water partition coefficient (Wildman–Crippen LogP) is 3.56. The summed E-state index contributed by atoms with van der Waals surface area (Å²) in [6, 6.07) is 0. The molecule has 1 heterocycles. The van der Waals surface area contributed by atoms with Gasteiger partial charge in [0, 0.05) is 24.9 Å². The Bertz CT molecular complexity index is 724. The highest BCUT2D eigenvalue weighted by atomic mass is 16.6. The average molecular weight is 435 g/mol. The van der Waals surface area contributed by atoms with E-state index in [1.165, 1.54) is 0 Å². The lowest BCUT2D eigenvalue weighted by atomic mass is 9.65. The molecule has 0 spiro atoms. The minimum atomic E-state index is -0.629. The van der Waals surface area contributed by atoms with Crippen LogP contribution in [0.3, 0.4) is 0 Å². The number of rotatable bonds is 7. The van der Waals surface area contributed by atoms with Crippen molar-refractivity contribution in [1.29, 1.82) is 0 Å². The van der Waals surface area contributed by atoms with Gasteiger partial charge in [-0.3, -0.25) is 9.59 Å². The minimum absolute atomic E-state index is 0.0260. The van der Waals surface area contributed by atoms with Gasteiger partial charge in [0.2, 0.25) is 0 Å². The summed E-state index contributed by atoms with van der Waals surface area (Å²) < 4.78 is 11.6. The summed E-state index contributed by atoms with van der Waals surface area (Å²) in [6.45, 7) is 8.00. The monoisotopic (exact) mass is 434 g/mol. The van der Waals surface area contributed by atoms with Gasteiger partial charge in [-0.1, -0.05) is 32.1 Å². The van der Waals surface area contributed by atoms with Crippen LogP contribution < -0.4 is 0 Å². The molecule has 0 amide bonds. The first-order valence-corrected chi connectivity index (χ1v) is 11.7. The number of cyclic esters (lactones) is 1. The molecule has 3 aliphatic rings. The molecule has 0 aromatic carbocycles. The van der Waals surface area contributed by atoms with Gasteiger partial charge >= 0.3 is 11.9 Å². The van der Waals surface area contributed by atoms with E-state index < -0.39 is 11.5 Å². The number of allylic oxidation sites excluding steroid dienone is 2. The third-order valence-electron chi connectivity index (χ3n) is 7.46. The largest absolute Gasteiger partial charge is 0.462 e. The average Bonchev–Trinajstić information content (AvgIpc) is 2.72. The van der Waals surface area contributed by atoms with Crippen molar-refractivity contribution in [1.82, 2.24) is 0 Å². The van der Waals surface area contributed by atoms with Crippen LogP contribution in [-0.2, 0) is 19.1 Å². The van der Waals surface area contributed by atoms with Gasteiger partial charge in [0.15, 0.2) is 0 Å². The quantitative estimate of drug-likeness (QED) is 0.595. The van der Waals surface area contributed by atoms with Crippen LogP contribution in [0, 0.1) is 29.1 Å². The van der Waals surface area contributed by atoms with Crippen LogP contribution in [0.4, 0.5) is 0 Å². The molecule has 0 saturated carbocycles. The highest BCUT2D eigenvalue weighted by Gasteiger charge is 2.43. The summed E-state index contributed by atoms with van der Waals surface area (Å²) in [5.74, 6) is 0.0282. The third kappa shape index (κ3) is 5.58. The Labute approximate surface area is 185 Å². The van der Waals surface area contributed by atoms with Crippen molar-refractivity contribution in [3.8, 4) is 0 Å². The molecule has 6 heteroatoms. The van der Waals surface area contributed by atoms with Crippen molar-refractivity contribution in [2.75, 3.05) is 6.61 Å². The summed E-state index contributed by atoms with van der Waals surface area (Å²) in [4.78, 5) is 24.6. The molecule has 7 atom stereocenters. The van der Waals surface area contributed by atoms with E-state index in [-0.39, 0.29) is 60.8 Å². The van der Waals surface area contributed by atoms with Gasteiger partial charge in [-0.25, -0.2) is 0 Å². The molecule has 0 radical (unpaired) electrons. The Morgan fingerprint density at radius 3 is 2.68 bits per heavy atom. The Balaban J connectivity index is 1.79. The molecule has 1 saturated heterocycles. The Morgan fingerprint density at radius 2 is 2.03 bits per heavy atom. The molecule has 174 valence electrons. The maximum Gasteiger partial charge on any atom is 0.311 e. The van der Waals surface area contributed by atoms with E-state index in [9.17, 15) is 19.8 Å². The van der Waals surface area contributed by atoms with Crippen molar-refractivity contribution >= 4 is 11.9 Å². The lowest BCUT2D eigenvalue weighted by Gasteiger charge is -2.44. The van der Waals surface area contributed by atoms with Crippen molar-refractivity contribution < 1.29 is 29.3 Å². The third-order valence-corrected chi connectivity index (χ3v) is 7.46. The van der Waals surface area contributed by atoms with E-state index in [0.717, 1.165) is 12.0 Å². The van der Waals surface area contributed by atoms with Gasteiger partial charge in [-0.15, -0.1) is 0 Å². The molecule has 0 bridgehead atoms. The number of hydrogen-bond acceptors (Lipinski definition) is 6. The van der Waals surface area contributed by atoms with Crippen LogP contribution in [0.5, 0.6) is 0 Å². The Kier molecular flexibility index (Phi) is 7.63. The SMILES string of the molecule is CCC(C)(C)C(=O)O[C@H]1CC(CO)C=C2C=C[C@H](C)[C@H](CC[C@@H]3C[C@@H](O)CC(=O)O3)[C@H]21. The van der Waals surface area contributed by atoms with Crippen LogP contribution in [-0.4, -0.2) is 47.1 Å². The van der Waals surface area contributed by atoms with Gasteiger partial charge in [0.1, 0.15) is 12.2 Å². The van der Waals surface area contributed by atoms with Crippen molar-refractivity contribution in [2.24, 2.45) is 29.1 Å². The Morgan fingerprint density at radius 1 is 1.29 bits per heavy atom. The fourth-order valence-corrected chi connectivity index (χ4v) is 5.08. The summed E-state index contributed by atoms with van der Waals surface area (Å²) in [5, 5.41) is 19.7. The highest BCUT2D eigenvalue weighted by molar-refractivity contribution is 5.76. The number of aliphatic hydroxyl groups excluding tert-OH is 2. The number of ether oxygens (including phenoxy) is 2. The first kappa shape index (κ1) is 24.0. The van der Waals surface area contributed by atoms with Gasteiger partial charge in [-0.05, 0) is 56.9 Å². The molecular weight excluding hydrogens is 396 g/mol. The molecule has 0 aromatic rings. The van der Waals surface area contributed by atoms with E-state index in [1.54, 1.807) is 0 Å². The second-order valence-electron chi connectivity index (χ2n) is 10.2. The van der Waals surface area contributed by atoms with E-state index >= 15 is 0 Å². The highest BCUT2D eigenvalue weighted by Crippen LogP contribution is 2.45. The van der Waals surface area contributed by atoms with E-state index in [0.29, 0.717) is 25.7 Å². The first-order chi connectivity index (χ1) is 14.6. The number of esters is 2. The number of hydrogen-bond donors (Lipinski definition) is 2. The lowest BCUT2D eigenvalue weighted by molar-refractivity contribution is -0.166. The maximum atomic E-state index is 12.9. The normalized spacial score (nSPS) is 35.7. The zero-order valence-electron chi connectivity index (χ0n) is 19.3. The second kappa shape index (κ2) is 9.86. The van der Waals surface area contributed by atoms with E-state index in [1.807, 2.05) is 20.8 Å². The lowest BCUT2D eigenvalue weighted by Crippen LogP contribution is -2.44. The molecule has 1 fully saturated rings. The van der Waals surface area contributed by atoms with Gasteiger partial charge in [-0.2, -0.15) is 0 Å². The number of aliphatic hydroxyl groups is 2. The van der Waals surface area contributed by atoms with Crippen molar-refractivity contribution in [3.63, 3.8) is 0 Å². The van der Waals surface area contributed by atoms with Crippen LogP contribution in [0.1, 0.15) is 66.2 Å². The molecule has 0 aromatic heterocycles. The Hall–Kier alpha value is -1.66. The molecule has 2 aliphatic carbocycles. The van der Waals surface area contributed by atoms with E-state index in [2.05, 4.69) is 25.2 Å². The second-order valence-corrected chi connectivity index (χ2v) is 10.2. The van der Waals surface area contributed by atoms with Gasteiger partial charge < -0.3 is 19.7 Å². The molecule has 1 unspecified atom stereocenters. The molecule has 3 rings (SSSR count). The minimum Gasteiger partial charge on any atom is -0.462 e.